The van der Waals surface area contributed by atoms with Gasteiger partial charge < -0.3 is 14.2 Å². The summed E-state index contributed by atoms with van der Waals surface area (Å²) in [6.45, 7) is 0. The van der Waals surface area contributed by atoms with Gasteiger partial charge in [-0.25, -0.2) is 4.79 Å². The van der Waals surface area contributed by atoms with Gasteiger partial charge in [0.25, 0.3) is 11.4 Å². The highest BCUT2D eigenvalue weighted by Gasteiger charge is 2.22. The molecule has 0 spiro atoms. The van der Waals surface area contributed by atoms with Gasteiger partial charge in [-0.15, -0.1) is 0 Å². The van der Waals surface area contributed by atoms with Crippen LogP contribution in [0.3, 0.4) is 0 Å². The van der Waals surface area contributed by atoms with E-state index in [1.54, 1.807) is 36.4 Å². The van der Waals surface area contributed by atoms with Crippen LogP contribution < -0.4 is 14.2 Å². The zero-order chi connectivity index (χ0) is 25.5. The molecule has 0 heterocycles. The molecule has 35 heavy (non-hydrogen) atoms. The first kappa shape index (κ1) is 24.4. The van der Waals surface area contributed by atoms with Crippen molar-refractivity contribution in [3.63, 3.8) is 0 Å². The molecule has 3 aromatic rings. The van der Waals surface area contributed by atoms with E-state index < -0.39 is 27.2 Å². The molecule has 11 nitrogen and oxygen atoms in total. The molecular formula is C24H17N3O8. The van der Waals surface area contributed by atoms with E-state index in [-0.39, 0.29) is 17.1 Å². The van der Waals surface area contributed by atoms with E-state index in [9.17, 15) is 30.3 Å². The lowest BCUT2D eigenvalue weighted by Gasteiger charge is -2.11. The van der Waals surface area contributed by atoms with Crippen molar-refractivity contribution in [3.8, 4) is 23.3 Å². The van der Waals surface area contributed by atoms with E-state index in [1.807, 2.05) is 0 Å². The summed E-state index contributed by atoms with van der Waals surface area (Å²) >= 11 is 0. The molecule has 176 valence electrons. The highest BCUT2D eigenvalue weighted by Crippen LogP contribution is 2.33. The highest BCUT2D eigenvalue weighted by atomic mass is 16.6. The molecule has 0 amide bonds. The van der Waals surface area contributed by atoms with E-state index in [4.69, 9.17) is 14.2 Å². The Bertz CT molecular complexity index is 1360. The van der Waals surface area contributed by atoms with Crippen molar-refractivity contribution in [2.24, 2.45) is 0 Å². The van der Waals surface area contributed by atoms with Gasteiger partial charge in [0.1, 0.15) is 5.75 Å². The number of nitro groups is 2. The molecule has 0 N–H and O–H groups in total. The maximum atomic E-state index is 12.6. The van der Waals surface area contributed by atoms with Gasteiger partial charge in [0.05, 0.1) is 47.3 Å². The zero-order valence-electron chi connectivity index (χ0n) is 18.5. The van der Waals surface area contributed by atoms with Crippen LogP contribution in [0.4, 0.5) is 11.4 Å². The summed E-state index contributed by atoms with van der Waals surface area (Å²) in [7, 11) is 2.83. The lowest BCUT2D eigenvalue weighted by molar-refractivity contribution is -0.394. The minimum Gasteiger partial charge on any atom is -0.496 e. The van der Waals surface area contributed by atoms with Crippen LogP contribution in [0.2, 0.25) is 0 Å². The van der Waals surface area contributed by atoms with E-state index in [1.165, 1.54) is 26.4 Å². The summed E-state index contributed by atoms with van der Waals surface area (Å²) in [5, 5.41) is 31.8. The fourth-order valence-electron chi connectivity index (χ4n) is 3.14. The van der Waals surface area contributed by atoms with Crippen LogP contribution in [0.15, 0.2) is 60.7 Å². The van der Waals surface area contributed by atoms with Crippen molar-refractivity contribution in [1.82, 2.24) is 0 Å². The first-order valence-electron chi connectivity index (χ1n) is 9.86. The Morgan fingerprint density at radius 2 is 1.51 bits per heavy atom. The second kappa shape index (κ2) is 10.6. The summed E-state index contributed by atoms with van der Waals surface area (Å²) in [4.78, 5) is 33.1. The largest absolute Gasteiger partial charge is 0.496 e. The Morgan fingerprint density at radius 1 is 0.886 bits per heavy atom. The second-order valence-electron chi connectivity index (χ2n) is 6.92. The molecule has 3 aromatic carbocycles. The maximum absolute atomic E-state index is 12.6. The number of nitriles is 1. The van der Waals surface area contributed by atoms with Gasteiger partial charge in [-0.3, -0.25) is 20.2 Å². The SMILES string of the molecule is COc1cc(/C=C(/C#N)c2ccccc2OC)ccc1OC(=O)c1cc([N+](=O)[O-])cc([N+](=O)[O-])c1. The average molecular weight is 475 g/mol. The van der Waals surface area contributed by atoms with Gasteiger partial charge in [0.2, 0.25) is 0 Å². The Hall–Kier alpha value is -5.24. The minimum atomic E-state index is -1.05. The Labute approximate surface area is 198 Å². The molecule has 11 heteroatoms. The van der Waals surface area contributed by atoms with Crippen LogP contribution in [-0.2, 0) is 0 Å². The van der Waals surface area contributed by atoms with Gasteiger partial charge in [-0.2, -0.15) is 5.26 Å². The van der Waals surface area contributed by atoms with Crippen LogP contribution in [0.5, 0.6) is 17.2 Å². The van der Waals surface area contributed by atoms with Crippen LogP contribution in [-0.4, -0.2) is 30.0 Å². The monoisotopic (exact) mass is 475 g/mol. The third-order valence-corrected chi connectivity index (χ3v) is 4.78. The topological polar surface area (TPSA) is 155 Å². The molecule has 0 aliphatic carbocycles. The highest BCUT2D eigenvalue weighted by molar-refractivity contribution is 5.94. The number of rotatable bonds is 8. The third kappa shape index (κ3) is 5.58. The first-order valence-corrected chi connectivity index (χ1v) is 9.86. The minimum absolute atomic E-state index is 0.0281. The van der Waals surface area contributed by atoms with Crippen LogP contribution in [0.1, 0.15) is 21.5 Å². The average Bonchev–Trinajstić information content (AvgIpc) is 2.87. The van der Waals surface area contributed by atoms with Crippen LogP contribution >= 0.6 is 0 Å². The lowest BCUT2D eigenvalue weighted by Crippen LogP contribution is -2.10. The van der Waals surface area contributed by atoms with Gasteiger partial charge in [-0.05, 0) is 35.9 Å². The standard InChI is InChI=1S/C24H17N3O8/c1-33-21-6-4-3-5-20(21)17(14-25)9-15-7-8-22(23(10-15)34-2)35-24(28)16-11-18(26(29)30)13-19(12-16)27(31)32/h3-13H,1-2H3/b17-9-. The van der Waals surface area contributed by atoms with E-state index in [0.29, 0.717) is 22.4 Å². The quantitative estimate of drug-likeness (QED) is 0.111. The number of nitrogens with zero attached hydrogens (tertiary/aromatic N) is 3. The maximum Gasteiger partial charge on any atom is 0.344 e. The first-order chi connectivity index (χ1) is 16.8. The number of methoxy groups -OCH3 is 2. The molecule has 0 bridgehead atoms. The number of benzene rings is 3. The molecule has 0 aliphatic heterocycles. The summed E-state index contributed by atoms with van der Waals surface area (Å²) in [5.74, 6) is -0.432. The van der Waals surface area contributed by atoms with Gasteiger partial charge in [0, 0.05) is 17.7 Å². The molecule has 0 aromatic heterocycles. The number of carbonyl (C=O) groups excluding carboxylic acids is 1. The van der Waals surface area contributed by atoms with Gasteiger partial charge in [0.15, 0.2) is 11.5 Å². The van der Waals surface area contributed by atoms with Crippen molar-refractivity contribution in [1.29, 1.82) is 5.26 Å². The molecule has 0 saturated carbocycles. The summed E-state index contributed by atoms with van der Waals surface area (Å²) in [5.41, 5.74) is -0.176. The fourth-order valence-corrected chi connectivity index (χ4v) is 3.14. The number of para-hydroxylation sites is 1. The number of hydrogen-bond acceptors (Lipinski definition) is 9. The smallest absolute Gasteiger partial charge is 0.344 e. The van der Waals surface area contributed by atoms with E-state index in [0.717, 1.165) is 18.2 Å². The van der Waals surface area contributed by atoms with E-state index in [2.05, 4.69) is 6.07 Å². The molecule has 3 rings (SSSR count). The molecule has 0 saturated heterocycles. The van der Waals surface area contributed by atoms with Crippen molar-refractivity contribution >= 4 is 29.0 Å². The van der Waals surface area contributed by atoms with Crippen molar-refractivity contribution < 1.29 is 28.9 Å². The summed E-state index contributed by atoms with van der Waals surface area (Å²) in [6.07, 6.45) is 1.59. The Kier molecular flexibility index (Phi) is 7.38. The molecular weight excluding hydrogens is 458 g/mol. The van der Waals surface area contributed by atoms with Crippen molar-refractivity contribution in [2.45, 2.75) is 0 Å². The number of allylic oxidation sites excluding steroid dienone is 1. The number of carbonyl (C=O) groups is 1. The van der Waals surface area contributed by atoms with E-state index >= 15 is 0 Å². The van der Waals surface area contributed by atoms with Crippen molar-refractivity contribution in [2.75, 3.05) is 14.2 Å². The number of non-ortho nitro benzene ring substituents is 2. The normalized spacial score (nSPS) is 10.7. The van der Waals surface area contributed by atoms with Crippen LogP contribution in [0, 0.1) is 31.6 Å². The predicted octanol–water partition coefficient (Wildman–Crippen LogP) is 4.80. The number of ether oxygens (including phenoxy) is 3. The number of esters is 1. The number of hydrogen-bond donors (Lipinski definition) is 0. The Balaban J connectivity index is 1.94. The molecule has 0 aliphatic rings. The lowest BCUT2D eigenvalue weighted by atomic mass is 10.0. The Morgan fingerprint density at radius 3 is 2.09 bits per heavy atom. The molecule has 0 unspecified atom stereocenters. The van der Waals surface area contributed by atoms with Crippen molar-refractivity contribution in [3.05, 3.63) is 97.6 Å². The van der Waals surface area contributed by atoms with Gasteiger partial charge in [-0.1, -0.05) is 18.2 Å². The predicted molar refractivity (Wildman–Crippen MR) is 124 cm³/mol. The zero-order valence-corrected chi connectivity index (χ0v) is 18.5. The summed E-state index contributed by atoms with van der Waals surface area (Å²) < 4.78 is 15.9. The second-order valence-corrected chi connectivity index (χ2v) is 6.92. The fraction of sp³-hybridized carbons (Fsp3) is 0.0833. The number of nitro benzene ring substituents is 2. The molecule has 0 fully saturated rings. The summed E-state index contributed by atoms with van der Waals surface area (Å²) in [6, 6.07) is 16.1. The molecule has 0 atom stereocenters. The third-order valence-electron chi connectivity index (χ3n) is 4.78. The van der Waals surface area contributed by atoms with Crippen LogP contribution in [0.25, 0.3) is 11.6 Å². The molecule has 0 radical (unpaired) electrons. The van der Waals surface area contributed by atoms with Gasteiger partial charge >= 0.3 is 5.97 Å².